The second kappa shape index (κ2) is 7.47. The summed E-state index contributed by atoms with van der Waals surface area (Å²) in [7, 11) is 1.60. The molecule has 1 atom stereocenters. The third-order valence-electron chi connectivity index (χ3n) is 3.90. The highest BCUT2D eigenvalue weighted by atomic mass is 16.5. The molecule has 0 aromatic carbocycles. The van der Waals surface area contributed by atoms with Gasteiger partial charge in [0, 0.05) is 7.11 Å². The number of carbonyl (C=O) groups excluding carboxylic acids is 1. The number of hydrogen-bond acceptors (Lipinski definition) is 3. The van der Waals surface area contributed by atoms with Gasteiger partial charge in [-0.15, -0.1) is 0 Å². The van der Waals surface area contributed by atoms with Gasteiger partial charge in [0.2, 0.25) is 0 Å². The van der Waals surface area contributed by atoms with E-state index >= 15 is 0 Å². The molecule has 20 heavy (non-hydrogen) atoms. The maximum absolute atomic E-state index is 12.1. The summed E-state index contributed by atoms with van der Waals surface area (Å²) in [5.41, 5.74) is -0.593. The molecule has 1 fully saturated rings. The molecule has 0 saturated heterocycles. The number of rotatable bonds is 7. The first kappa shape index (κ1) is 16.8. The van der Waals surface area contributed by atoms with Gasteiger partial charge in [-0.25, -0.2) is 4.79 Å². The van der Waals surface area contributed by atoms with E-state index in [1.165, 1.54) is 0 Å². The molecule has 2 amide bonds. The minimum atomic E-state index is -0.871. The molecule has 1 saturated carbocycles. The van der Waals surface area contributed by atoms with Gasteiger partial charge in [-0.3, -0.25) is 4.79 Å². The van der Waals surface area contributed by atoms with E-state index in [1.54, 1.807) is 7.11 Å². The van der Waals surface area contributed by atoms with Crippen LogP contribution in [0.5, 0.6) is 0 Å². The van der Waals surface area contributed by atoms with Crippen LogP contribution in [0, 0.1) is 5.92 Å². The van der Waals surface area contributed by atoms with Crippen LogP contribution in [0.25, 0.3) is 0 Å². The molecule has 0 aromatic rings. The highest BCUT2D eigenvalue weighted by Crippen LogP contribution is 2.32. The maximum Gasteiger partial charge on any atom is 0.315 e. The van der Waals surface area contributed by atoms with Gasteiger partial charge in [-0.1, -0.05) is 26.7 Å². The Morgan fingerprint density at radius 1 is 1.30 bits per heavy atom. The largest absolute Gasteiger partial charge is 0.481 e. The summed E-state index contributed by atoms with van der Waals surface area (Å²) in [5, 5.41) is 14.8. The predicted octanol–water partition coefficient (Wildman–Crippen LogP) is 1.74. The molecule has 116 valence electrons. The molecule has 0 spiro atoms. The summed E-state index contributed by atoms with van der Waals surface area (Å²) < 4.78 is 5.09. The Hall–Kier alpha value is -1.30. The van der Waals surface area contributed by atoms with Crippen LogP contribution in [-0.2, 0) is 9.53 Å². The van der Waals surface area contributed by atoms with E-state index in [2.05, 4.69) is 10.6 Å². The van der Waals surface area contributed by atoms with Crippen molar-refractivity contribution in [2.75, 3.05) is 13.7 Å². The molecule has 1 aliphatic carbocycles. The minimum absolute atomic E-state index is 0.0168. The first-order chi connectivity index (χ1) is 9.38. The molecule has 6 nitrogen and oxygen atoms in total. The number of urea groups is 1. The van der Waals surface area contributed by atoms with Gasteiger partial charge in [0.25, 0.3) is 0 Å². The predicted molar refractivity (Wildman–Crippen MR) is 75.6 cm³/mol. The lowest BCUT2D eigenvalue weighted by atomic mass is 9.93. The zero-order valence-corrected chi connectivity index (χ0v) is 12.6. The Balaban J connectivity index is 2.59. The third-order valence-corrected chi connectivity index (χ3v) is 3.90. The number of amides is 2. The van der Waals surface area contributed by atoms with Gasteiger partial charge in [0.15, 0.2) is 0 Å². The first-order valence-corrected chi connectivity index (χ1v) is 7.18. The quantitative estimate of drug-likeness (QED) is 0.665. The van der Waals surface area contributed by atoms with Crippen molar-refractivity contribution >= 4 is 12.0 Å². The molecule has 0 aliphatic heterocycles. The topological polar surface area (TPSA) is 87.7 Å². The van der Waals surface area contributed by atoms with Gasteiger partial charge in [-0.2, -0.15) is 0 Å². The van der Waals surface area contributed by atoms with E-state index < -0.39 is 11.5 Å². The Bertz CT molecular complexity index is 338. The molecule has 1 aliphatic rings. The van der Waals surface area contributed by atoms with Crippen LogP contribution in [0.4, 0.5) is 4.79 Å². The summed E-state index contributed by atoms with van der Waals surface area (Å²) in [5.74, 6) is -0.621. The van der Waals surface area contributed by atoms with Crippen molar-refractivity contribution in [1.29, 1.82) is 0 Å². The van der Waals surface area contributed by atoms with Crippen molar-refractivity contribution in [3.63, 3.8) is 0 Å². The zero-order valence-electron chi connectivity index (χ0n) is 12.6. The van der Waals surface area contributed by atoms with E-state index in [0.29, 0.717) is 6.61 Å². The Labute approximate surface area is 120 Å². The molecular formula is C14H26N2O4. The van der Waals surface area contributed by atoms with Crippen LogP contribution in [0.1, 0.15) is 46.0 Å². The zero-order chi connectivity index (χ0) is 15.2. The molecule has 6 heteroatoms. The molecule has 1 unspecified atom stereocenters. The molecule has 0 radical (unpaired) electrons. The van der Waals surface area contributed by atoms with Crippen LogP contribution in [-0.4, -0.2) is 42.4 Å². The van der Waals surface area contributed by atoms with E-state index in [4.69, 9.17) is 9.84 Å². The fraction of sp³-hybridized carbons (Fsp3) is 0.857. The summed E-state index contributed by atoms with van der Waals surface area (Å²) in [4.78, 5) is 23.1. The smallest absolute Gasteiger partial charge is 0.315 e. The highest BCUT2D eigenvalue weighted by molar-refractivity contribution is 5.77. The fourth-order valence-corrected chi connectivity index (χ4v) is 2.71. The minimum Gasteiger partial charge on any atom is -0.481 e. The lowest BCUT2D eigenvalue weighted by Gasteiger charge is -2.30. The van der Waals surface area contributed by atoms with Gasteiger partial charge < -0.3 is 20.5 Å². The SMILES string of the molecule is COCC(NC(=O)NC1(CC(=O)O)CCCC1)C(C)C. The van der Waals surface area contributed by atoms with Gasteiger partial charge in [0.1, 0.15) is 0 Å². The highest BCUT2D eigenvalue weighted by Gasteiger charge is 2.37. The number of carboxylic acids is 1. The molecular weight excluding hydrogens is 260 g/mol. The van der Waals surface area contributed by atoms with E-state index in [1.807, 2.05) is 13.8 Å². The first-order valence-electron chi connectivity index (χ1n) is 7.18. The maximum atomic E-state index is 12.1. The Kier molecular flexibility index (Phi) is 6.26. The third kappa shape index (κ3) is 5.00. The van der Waals surface area contributed by atoms with Crippen molar-refractivity contribution in [1.82, 2.24) is 10.6 Å². The van der Waals surface area contributed by atoms with E-state index in [9.17, 15) is 9.59 Å². The lowest BCUT2D eigenvalue weighted by molar-refractivity contribution is -0.138. The number of methoxy groups -OCH3 is 1. The number of carboxylic acid groups (broad SMARTS) is 1. The van der Waals surface area contributed by atoms with Crippen molar-refractivity contribution < 1.29 is 19.4 Å². The second-order valence-electron chi connectivity index (χ2n) is 5.96. The molecule has 0 heterocycles. The van der Waals surface area contributed by atoms with Crippen LogP contribution in [0.15, 0.2) is 0 Å². The summed E-state index contributed by atoms with van der Waals surface area (Å²) in [6.07, 6.45) is 3.35. The summed E-state index contributed by atoms with van der Waals surface area (Å²) in [6, 6.07) is -0.382. The standard InChI is InChI=1S/C14H26N2O4/c1-10(2)11(9-20-3)15-13(19)16-14(8-12(17)18)6-4-5-7-14/h10-11H,4-9H2,1-3H3,(H,17,18)(H2,15,16,19). The number of carbonyl (C=O) groups is 2. The van der Waals surface area contributed by atoms with Crippen LogP contribution >= 0.6 is 0 Å². The summed E-state index contributed by atoms with van der Waals surface area (Å²) >= 11 is 0. The average Bonchev–Trinajstić information content (AvgIpc) is 2.75. The van der Waals surface area contributed by atoms with E-state index in [0.717, 1.165) is 25.7 Å². The van der Waals surface area contributed by atoms with Crippen molar-refractivity contribution in [2.45, 2.75) is 57.5 Å². The van der Waals surface area contributed by atoms with Crippen molar-refractivity contribution in [3.8, 4) is 0 Å². The van der Waals surface area contributed by atoms with Crippen LogP contribution < -0.4 is 10.6 Å². The number of aliphatic carboxylic acids is 1. The molecule has 0 bridgehead atoms. The number of ether oxygens (including phenoxy) is 1. The monoisotopic (exact) mass is 286 g/mol. The fourth-order valence-electron chi connectivity index (χ4n) is 2.71. The van der Waals surface area contributed by atoms with Crippen LogP contribution in [0.2, 0.25) is 0 Å². The lowest BCUT2D eigenvalue weighted by Crippen LogP contribution is -2.55. The van der Waals surface area contributed by atoms with Crippen molar-refractivity contribution in [2.24, 2.45) is 5.92 Å². The van der Waals surface area contributed by atoms with Crippen molar-refractivity contribution in [3.05, 3.63) is 0 Å². The van der Waals surface area contributed by atoms with Gasteiger partial charge >= 0.3 is 12.0 Å². The van der Waals surface area contributed by atoms with Crippen LogP contribution in [0.3, 0.4) is 0 Å². The van der Waals surface area contributed by atoms with Gasteiger partial charge in [-0.05, 0) is 18.8 Å². The van der Waals surface area contributed by atoms with Gasteiger partial charge in [0.05, 0.1) is 24.6 Å². The molecule has 3 N–H and O–H groups in total. The Morgan fingerprint density at radius 2 is 1.90 bits per heavy atom. The normalized spacial score (nSPS) is 18.8. The number of hydrogen-bond donors (Lipinski definition) is 3. The second-order valence-corrected chi connectivity index (χ2v) is 5.96. The summed E-state index contributed by atoms with van der Waals surface area (Å²) in [6.45, 7) is 4.45. The number of nitrogens with one attached hydrogen (secondary N) is 2. The molecule has 0 aromatic heterocycles. The molecule has 1 rings (SSSR count). The Morgan fingerprint density at radius 3 is 2.35 bits per heavy atom. The average molecular weight is 286 g/mol. The van der Waals surface area contributed by atoms with E-state index in [-0.39, 0.29) is 24.4 Å².